The van der Waals surface area contributed by atoms with Gasteiger partial charge in [0.25, 0.3) is 0 Å². The van der Waals surface area contributed by atoms with Gasteiger partial charge in [-0.3, -0.25) is 9.47 Å². The number of hydrogen-bond donors (Lipinski definition) is 2. The summed E-state index contributed by atoms with van der Waals surface area (Å²) in [5, 5.41) is 0. The standard InChI is InChI=1S/C29H33N7.C2H6/c1-3-6-21(7-4-2)25-13-14-26-29(33-25)36(28(34-26)24-8-5-16-32-27(24)31)23-11-9-20(10-12-23)18-35-17-15-22(30)19-35;1-2/h3,5-14,16,22H,4,15,17-19,30H2,1-2H3,(H2,31,32);1-2H3/b6-3-,21-7+;. The van der Waals surface area contributed by atoms with Crippen molar-refractivity contribution in [2.24, 2.45) is 5.73 Å². The highest BCUT2D eigenvalue weighted by atomic mass is 15.2. The number of benzene rings is 1. The van der Waals surface area contributed by atoms with Gasteiger partial charge >= 0.3 is 0 Å². The van der Waals surface area contributed by atoms with Crippen molar-refractivity contribution < 1.29 is 0 Å². The van der Waals surface area contributed by atoms with Crippen molar-refractivity contribution in [3.63, 3.8) is 0 Å². The minimum atomic E-state index is 0.281. The lowest BCUT2D eigenvalue weighted by atomic mass is 10.1. The summed E-state index contributed by atoms with van der Waals surface area (Å²) in [6, 6.07) is 16.8. The molecule has 198 valence electrons. The number of allylic oxidation sites excluding steroid dienone is 4. The van der Waals surface area contributed by atoms with Gasteiger partial charge in [0, 0.05) is 37.6 Å². The second-order valence-electron chi connectivity index (χ2n) is 9.26. The summed E-state index contributed by atoms with van der Waals surface area (Å²) in [5.41, 5.74) is 19.0. The van der Waals surface area contributed by atoms with E-state index in [9.17, 15) is 0 Å². The van der Waals surface area contributed by atoms with E-state index in [4.69, 9.17) is 21.4 Å². The Morgan fingerprint density at radius 1 is 1.08 bits per heavy atom. The predicted molar refractivity (Wildman–Crippen MR) is 159 cm³/mol. The van der Waals surface area contributed by atoms with E-state index in [0.717, 1.165) is 72.0 Å². The molecule has 1 unspecified atom stereocenters. The molecule has 1 fully saturated rings. The van der Waals surface area contributed by atoms with Crippen LogP contribution in [-0.2, 0) is 6.54 Å². The molecule has 1 saturated heterocycles. The number of pyridine rings is 2. The van der Waals surface area contributed by atoms with Crippen LogP contribution < -0.4 is 11.5 Å². The van der Waals surface area contributed by atoms with E-state index in [1.54, 1.807) is 6.20 Å². The van der Waals surface area contributed by atoms with Crippen molar-refractivity contribution >= 4 is 22.6 Å². The van der Waals surface area contributed by atoms with Crippen LogP contribution in [0.1, 0.15) is 51.8 Å². The average molecular weight is 510 g/mol. The molecule has 0 aliphatic carbocycles. The maximum Gasteiger partial charge on any atom is 0.165 e. The number of anilines is 1. The first-order valence-electron chi connectivity index (χ1n) is 13.6. The zero-order chi connectivity index (χ0) is 27.1. The maximum atomic E-state index is 6.29. The Kier molecular flexibility index (Phi) is 9.05. The molecule has 0 saturated carbocycles. The Labute approximate surface area is 225 Å². The number of imidazole rings is 1. The third-order valence-electron chi connectivity index (χ3n) is 6.56. The van der Waals surface area contributed by atoms with Crippen LogP contribution in [-0.4, -0.2) is 43.6 Å². The average Bonchev–Trinajstić information content (AvgIpc) is 3.53. The first kappa shape index (κ1) is 27.2. The molecule has 3 aromatic heterocycles. The first-order valence-corrected chi connectivity index (χ1v) is 13.6. The summed E-state index contributed by atoms with van der Waals surface area (Å²) >= 11 is 0. The minimum Gasteiger partial charge on any atom is -0.383 e. The van der Waals surface area contributed by atoms with Crippen LogP contribution in [0.15, 0.2) is 73.0 Å². The lowest BCUT2D eigenvalue weighted by molar-refractivity contribution is 0.327. The molecule has 38 heavy (non-hydrogen) atoms. The molecule has 1 atom stereocenters. The highest BCUT2D eigenvalue weighted by molar-refractivity contribution is 5.85. The Morgan fingerprint density at radius 2 is 1.87 bits per heavy atom. The molecule has 4 aromatic rings. The van der Waals surface area contributed by atoms with Crippen molar-refractivity contribution in [3.05, 3.63) is 84.2 Å². The Balaban J connectivity index is 0.00000164. The molecule has 5 rings (SSSR count). The molecular formula is C31H39N7. The summed E-state index contributed by atoms with van der Waals surface area (Å²) in [7, 11) is 0. The number of nitrogens with two attached hydrogens (primary N) is 2. The van der Waals surface area contributed by atoms with E-state index in [-0.39, 0.29) is 6.04 Å². The van der Waals surface area contributed by atoms with E-state index >= 15 is 0 Å². The predicted octanol–water partition coefficient (Wildman–Crippen LogP) is 5.99. The highest BCUT2D eigenvalue weighted by Crippen LogP contribution is 2.31. The van der Waals surface area contributed by atoms with E-state index in [2.05, 4.69) is 57.8 Å². The smallest absolute Gasteiger partial charge is 0.165 e. The molecule has 1 aliphatic heterocycles. The van der Waals surface area contributed by atoms with Crippen LogP contribution in [0.5, 0.6) is 0 Å². The number of rotatable bonds is 7. The van der Waals surface area contributed by atoms with Crippen molar-refractivity contribution in [3.8, 4) is 17.1 Å². The molecule has 0 spiro atoms. The molecule has 0 radical (unpaired) electrons. The molecule has 7 nitrogen and oxygen atoms in total. The van der Waals surface area contributed by atoms with Crippen LogP contribution in [0.4, 0.5) is 5.82 Å². The molecular weight excluding hydrogens is 470 g/mol. The van der Waals surface area contributed by atoms with Crippen LogP contribution in [0, 0.1) is 0 Å². The van der Waals surface area contributed by atoms with Crippen LogP contribution in [0.3, 0.4) is 0 Å². The first-order chi connectivity index (χ1) is 18.6. The molecule has 1 aromatic carbocycles. The zero-order valence-electron chi connectivity index (χ0n) is 22.9. The van der Waals surface area contributed by atoms with Crippen molar-refractivity contribution in [2.75, 3.05) is 18.8 Å². The minimum absolute atomic E-state index is 0.281. The van der Waals surface area contributed by atoms with Crippen LogP contribution in [0.2, 0.25) is 0 Å². The zero-order valence-corrected chi connectivity index (χ0v) is 22.9. The molecule has 7 heteroatoms. The fourth-order valence-electron chi connectivity index (χ4n) is 4.82. The summed E-state index contributed by atoms with van der Waals surface area (Å²) in [4.78, 5) is 16.7. The monoisotopic (exact) mass is 509 g/mol. The Hall–Kier alpha value is -3.81. The van der Waals surface area contributed by atoms with Gasteiger partial charge in [-0.15, -0.1) is 0 Å². The van der Waals surface area contributed by atoms with Crippen molar-refractivity contribution in [1.29, 1.82) is 0 Å². The number of aromatic nitrogens is 4. The summed E-state index contributed by atoms with van der Waals surface area (Å²) in [6.45, 7) is 11.1. The largest absolute Gasteiger partial charge is 0.383 e. The second-order valence-corrected chi connectivity index (χ2v) is 9.26. The maximum absolute atomic E-state index is 6.29. The van der Waals surface area contributed by atoms with Gasteiger partial charge in [-0.1, -0.05) is 51.1 Å². The lowest BCUT2D eigenvalue weighted by Crippen LogP contribution is -2.26. The molecule has 4 heterocycles. The van der Waals surface area contributed by atoms with Crippen LogP contribution >= 0.6 is 0 Å². The fourth-order valence-corrected chi connectivity index (χ4v) is 4.82. The summed E-state index contributed by atoms with van der Waals surface area (Å²) in [6.07, 6.45) is 10.0. The third-order valence-corrected chi connectivity index (χ3v) is 6.56. The molecule has 4 N–H and O–H groups in total. The fraction of sp³-hybridized carbons (Fsp3) is 0.323. The van der Waals surface area contributed by atoms with E-state index < -0.39 is 0 Å². The van der Waals surface area contributed by atoms with E-state index in [0.29, 0.717) is 5.82 Å². The topological polar surface area (TPSA) is 98.9 Å². The molecule has 1 aliphatic rings. The normalized spacial score (nSPS) is 16.2. The summed E-state index contributed by atoms with van der Waals surface area (Å²) in [5.74, 6) is 1.17. The van der Waals surface area contributed by atoms with Crippen molar-refractivity contribution in [2.45, 2.75) is 53.1 Å². The number of fused-ring (bicyclic) bond motifs is 1. The third kappa shape index (κ3) is 5.85. The van der Waals surface area contributed by atoms with Gasteiger partial charge in [-0.25, -0.2) is 15.0 Å². The highest BCUT2D eigenvalue weighted by Gasteiger charge is 2.20. The quantitative estimate of drug-likeness (QED) is 0.297. The van der Waals surface area contributed by atoms with E-state index in [1.165, 1.54) is 5.56 Å². The van der Waals surface area contributed by atoms with Crippen LogP contribution in [0.25, 0.3) is 33.8 Å². The van der Waals surface area contributed by atoms with Gasteiger partial charge in [0.1, 0.15) is 11.3 Å². The Morgan fingerprint density at radius 3 is 2.53 bits per heavy atom. The molecule has 0 bridgehead atoms. The van der Waals surface area contributed by atoms with E-state index in [1.807, 2.05) is 51.1 Å². The second kappa shape index (κ2) is 12.6. The number of likely N-dealkylation sites (tertiary alicyclic amines) is 1. The van der Waals surface area contributed by atoms with Crippen molar-refractivity contribution in [1.82, 2.24) is 24.4 Å². The van der Waals surface area contributed by atoms with Gasteiger partial charge in [-0.2, -0.15) is 0 Å². The van der Waals surface area contributed by atoms with Gasteiger partial charge in [-0.05, 0) is 67.3 Å². The number of hydrogen-bond acceptors (Lipinski definition) is 6. The van der Waals surface area contributed by atoms with Gasteiger partial charge in [0.05, 0.1) is 11.3 Å². The lowest BCUT2D eigenvalue weighted by Gasteiger charge is -2.16. The summed E-state index contributed by atoms with van der Waals surface area (Å²) < 4.78 is 2.08. The SMILES string of the molecule is C/C=C\C(=C/CC)c1ccc2nc(-c3cccnc3N)n(-c3ccc(CN4CCC(N)C4)cc3)c2n1.CC. The Bertz CT molecular complexity index is 1420. The van der Waals surface area contributed by atoms with Gasteiger partial charge in [0.2, 0.25) is 0 Å². The number of nitrogens with zero attached hydrogens (tertiary/aromatic N) is 5. The number of nitrogen functional groups attached to an aromatic ring is 1. The van der Waals surface area contributed by atoms with Gasteiger partial charge < -0.3 is 11.5 Å². The van der Waals surface area contributed by atoms with Gasteiger partial charge in [0.15, 0.2) is 11.5 Å². The molecule has 0 amide bonds.